The molecule has 3 aliphatic carbocycles. The van der Waals surface area contributed by atoms with E-state index in [4.69, 9.17) is 4.74 Å². The Balaban J connectivity index is 1.27. The van der Waals surface area contributed by atoms with E-state index >= 15 is 0 Å². The van der Waals surface area contributed by atoms with Gasteiger partial charge in [0, 0.05) is 29.1 Å². The van der Waals surface area contributed by atoms with Crippen LogP contribution in [0.3, 0.4) is 0 Å². The van der Waals surface area contributed by atoms with Gasteiger partial charge in [-0.25, -0.2) is 4.39 Å². The van der Waals surface area contributed by atoms with Crippen LogP contribution in [0.4, 0.5) is 4.39 Å². The van der Waals surface area contributed by atoms with Crippen molar-refractivity contribution in [3.05, 3.63) is 56.8 Å². The van der Waals surface area contributed by atoms with Crippen molar-refractivity contribution in [2.45, 2.75) is 64.1 Å². The number of nitrogens with one attached hydrogen (secondary N) is 1. The highest BCUT2D eigenvalue weighted by Crippen LogP contribution is 2.41. The zero-order valence-corrected chi connectivity index (χ0v) is 20.0. The number of hydrogen-bond acceptors (Lipinski definition) is 5. The molecular formula is C27H30FNO4S. The average molecular weight is 484 g/mol. The van der Waals surface area contributed by atoms with Crippen LogP contribution in [0.5, 0.6) is 0 Å². The summed E-state index contributed by atoms with van der Waals surface area (Å²) < 4.78 is 18.9. The van der Waals surface area contributed by atoms with E-state index in [9.17, 15) is 18.8 Å². The number of thiophene rings is 1. The van der Waals surface area contributed by atoms with Crippen molar-refractivity contribution in [1.82, 2.24) is 5.32 Å². The van der Waals surface area contributed by atoms with Crippen LogP contribution in [0.15, 0.2) is 30.3 Å². The molecule has 5 rings (SSSR count). The molecule has 5 nitrogen and oxygen atoms in total. The third kappa shape index (κ3) is 5.57. The van der Waals surface area contributed by atoms with Gasteiger partial charge in [-0.15, -0.1) is 11.3 Å². The molecule has 0 unspecified atom stereocenters. The molecule has 7 heteroatoms. The number of carbonyl (C=O) groups excluding carboxylic acids is 3. The van der Waals surface area contributed by atoms with Crippen molar-refractivity contribution in [2.24, 2.45) is 17.8 Å². The van der Waals surface area contributed by atoms with E-state index in [1.807, 2.05) is 30.3 Å². The van der Waals surface area contributed by atoms with Gasteiger partial charge in [-0.3, -0.25) is 14.4 Å². The molecule has 0 saturated heterocycles. The quantitative estimate of drug-likeness (QED) is 0.502. The number of fused-ring (bicyclic) bond motifs is 1. The lowest BCUT2D eigenvalue weighted by Gasteiger charge is -2.22. The number of ketones is 1. The van der Waals surface area contributed by atoms with E-state index in [1.165, 1.54) is 11.3 Å². The lowest BCUT2D eigenvalue weighted by molar-refractivity contribution is -0.146. The molecule has 0 bridgehead atoms. The molecule has 1 N–H and O–H groups in total. The highest BCUT2D eigenvalue weighted by Gasteiger charge is 2.43. The minimum absolute atomic E-state index is 0.0996. The summed E-state index contributed by atoms with van der Waals surface area (Å²) in [5.74, 6) is -0.327. The van der Waals surface area contributed by atoms with E-state index in [0.717, 1.165) is 46.6 Å². The van der Waals surface area contributed by atoms with Gasteiger partial charge in [0.2, 0.25) is 0 Å². The number of halogens is 1. The van der Waals surface area contributed by atoms with Crippen molar-refractivity contribution in [3.63, 3.8) is 0 Å². The second-order valence-electron chi connectivity index (χ2n) is 9.92. The molecule has 1 amide bonds. The second kappa shape index (κ2) is 9.98. The highest BCUT2D eigenvalue weighted by atomic mass is 32.1. The normalized spacial score (nSPS) is 23.1. The van der Waals surface area contributed by atoms with Gasteiger partial charge in [0.05, 0.1) is 11.5 Å². The summed E-state index contributed by atoms with van der Waals surface area (Å²) in [6.45, 7) is 0.912. The Morgan fingerprint density at radius 1 is 1.09 bits per heavy atom. The van der Waals surface area contributed by atoms with E-state index in [0.29, 0.717) is 37.3 Å². The maximum atomic E-state index is 13.4. The van der Waals surface area contributed by atoms with Crippen molar-refractivity contribution in [3.8, 4) is 0 Å². The molecule has 0 aliphatic heterocycles. The fraction of sp³-hybridized carbons (Fsp3) is 0.519. The largest absolute Gasteiger partial charge is 0.461 e. The Bertz CT molecular complexity index is 1080. The van der Waals surface area contributed by atoms with Crippen molar-refractivity contribution >= 4 is 29.0 Å². The molecule has 0 radical (unpaired) electrons. The van der Waals surface area contributed by atoms with Crippen LogP contribution in [0.1, 0.15) is 63.3 Å². The SMILES string of the molecule is O=C(C[C@H]1CCc2sc(CC(=O)[C@H]3C[C@@H]3F)c(C(=O)NCC3CC3)c2C1)OCc1ccccc1. The van der Waals surface area contributed by atoms with Crippen molar-refractivity contribution in [1.29, 1.82) is 0 Å². The third-order valence-corrected chi connectivity index (χ3v) is 8.36. The Hall–Kier alpha value is -2.54. The fourth-order valence-electron chi connectivity index (χ4n) is 4.74. The molecule has 1 heterocycles. The first-order valence-electron chi connectivity index (χ1n) is 12.3. The third-order valence-electron chi connectivity index (χ3n) is 7.07. The van der Waals surface area contributed by atoms with E-state index in [-0.39, 0.29) is 36.6 Å². The summed E-state index contributed by atoms with van der Waals surface area (Å²) in [6, 6.07) is 9.60. The number of alkyl halides is 1. The van der Waals surface area contributed by atoms with Crippen molar-refractivity contribution in [2.75, 3.05) is 6.54 Å². The molecule has 180 valence electrons. The monoisotopic (exact) mass is 483 g/mol. The smallest absolute Gasteiger partial charge is 0.306 e. The number of hydrogen-bond donors (Lipinski definition) is 1. The fourth-order valence-corrected chi connectivity index (χ4v) is 6.10. The lowest BCUT2D eigenvalue weighted by Crippen LogP contribution is -2.28. The van der Waals surface area contributed by atoms with E-state index < -0.39 is 12.1 Å². The molecule has 0 spiro atoms. The number of ether oxygens (including phenoxy) is 1. The molecule has 2 fully saturated rings. The number of aryl methyl sites for hydroxylation is 1. The highest BCUT2D eigenvalue weighted by molar-refractivity contribution is 7.12. The Morgan fingerprint density at radius 3 is 2.56 bits per heavy atom. The molecule has 2 aromatic rings. The van der Waals surface area contributed by atoms with E-state index in [2.05, 4.69) is 5.32 Å². The molecule has 1 aromatic heterocycles. The predicted molar refractivity (Wildman–Crippen MR) is 127 cm³/mol. The van der Waals surface area contributed by atoms with Gasteiger partial charge < -0.3 is 10.1 Å². The number of rotatable bonds is 10. The van der Waals surface area contributed by atoms with Gasteiger partial charge in [0.1, 0.15) is 18.6 Å². The average Bonchev–Trinajstić information content (AvgIpc) is 3.75. The van der Waals surface area contributed by atoms with Crippen LogP contribution in [-0.2, 0) is 40.2 Å². The maximum Gasteiger partial charge on any atom is 0.306 e. The second-order valence-corrected chi connectivity index (χ2v) is 11.1. The summed E-state index contributed by atoms with van der Waals surface area (Å²) >= 11 is 1.52. The van der Waals surface area contributed by atoms with Crippen LogP contribution in [-0.4, -0.2) is 30.4 Å². The summed E-state index contributed by atoms with van der Waals surface area (Å²) in [5.41, 5.74) is 2.53. The first-order chi connectivity index (χ1) is 16.5. The first kappa shape index (κ1) is 23.2. The minimum Gasteiger partial charge on any atom is -0.461 e. The maximum absolute atomic E-state index is 13.4. The van der Waals surface area contributed by atoms with Crippen LogP contribution in [0.2, 0.25) is 0 Å². The molecule has 3 atom stereocenters. The summed E-state index contributed by atoms with van der Waals surface area (Å²) in [4.78, 5) is 40.1. The summed E-state index contributed by atoms with van der Waals surface area (Å²) in [6.07, 6.45) is 4.25. The zero-order valence-electron chi connectivity index (χ0n) is 19.2. The molecule has 2 saturated carbocycles. The van der Waals surface area contributed by atoms with Gasteiger partial charge in [-0.05, 0) is 61.5 Å². The molecule has 34 heavy (non-hydrogen) atoms. The molecule has 3 aliphatic rings. The van der Waals surface area contributed by atoms with Gasteiger partial charge in [0.15, 0.2) is 0 Å². The van der Waals surface area contributed by atoms with Crippen molar-refractivity contribution < 1.29 is 23.5 Å². The Morgan fingerprint density at radius 2 is 1.85 bits per heavy atom. The number of Topliss-reactive ketones (excluding diaryl/α,β-unsaturated/α-hetero) is 1. The Kier molecular flexibility index (Phi) is 6.82. The Labute approximate surface area is 203 Å². The molecule has 1 aromatic carbocycles. The molecular weight excluding hydrogens is 453 g/mol. The zero-order chi connectivity index (χ0) is 23.7. The number of amides is 1. The number of benzene rings is 1. The van der Waals surface area contributed by atoms with Gasteiger partial charge in [-0.2, -0.15) is 0 Å². The van der Waals surface area contributed by atoms with Crippen LogP contribution >= 0.6 is 11.3 Å². The number of esters is 1. The predicted octanol–water partition coefficient (Wildman–Crippen LogP) is 4.60. The van der Waals surface area contributed by atoms with Gasteiger partial charge in [-0.1, -0.05) is 30.3 Å². The van der Waals surface area contributed by atoms with Crippen LogP contribution in [0.25, 0.3) is 0 Å². The van der Waals surface area contributed by atoms with Crippen LogP contribution < -0.4 is 5.32 Å². The van der Waals surface area contributed by atoms with Gasteiger partial charge >= 0.3 is 5.97 Å². The lowest BCUT2D eigenvalue weighted by atomic mass is 9.84. The summed E-state index contributed by atoms with van der Waals surface area (Å²) in [5, 5.41) is 3.05. The minimum atomic E-state index is -1.03. The number of carbonyl (C=O) groups is 3. The standard InChI is InChI=1S/C27H30FNO4S/c28-21-12-19(21)22(30)13-24-26(27(32)29-14-16-6-7-16)20-10-18(8-9-23(20)34-24)11-25(31)33-15-17-4-2-1-3-5-17/h1-5,16,18-19,21H,6-15H2,(H,29,32)/t18-,19-,21-/m0/s1. The van der Waals surface area contributed by atoms with Gasteiger partial charge in [0.25, 0.3) is 5.91 Å². The van der Waals surface area contributed by atoms with E-state index in [1.54, 1.807) is 0 Å². The first-order valence-corrected chi connectivity index (χ1v) is 13.1. The topological polar surface area (TPSA) is 72.5 Å². The van der Waals surface area contributed by atoms with Crippen LogP contribution in [0, 0.1) is 17.8 Å². The summed E-state index contributed by atoms with van der Waals surface area (Å²) in [7, 11) is 0.